The van der Waals surface area contributed by atoms with E-state index >= 15 is 0 Å². The number of amides is 1. The van der Waals surface area contributed by atoms with E-state index in [0.717, 1.165) is 59.5 Å². The summed E-state index contributed by atoms with van der Waals surface area (Å²) < 4.78 is 36.5. The molecule has 2 atom stereocenters. The number of likely N-dealkylation sites (N-methyl/N-ethyl adjacent to an activating group) is 1. The Morgan fingerprint density at radius 1 is 1.13 bits per heavy atom. The highest BCUT2D eigenvalue weighted by Gasteiger charge is 2.46. The smallest absolute Gasteiger partial charge is 0.320 e. The number of carbonyl (C=O) groups is 2. The van der Waals surface area contributed by atoms with Crippen molar-refractivity contribution in [2.75, 3.05) is 40.1 Å². The Balaban J connectivity index is 1.21. The van der Waals surface area contributed by atoms with Crippen LogP contribution >= 0.6 is 0 Å². The van der Waals surface area contributed by atoms with E-state index in [-0.39, 0.29) is 30.9 Å². The van der Waals surface area contributed by atoms with Crippen LogP contribution in [0.4, 0.5) is 0 Å². The SMILES string of the molecule is CN(C)CC(=O)OCC1(c2ccc(C#Cc3ccc4c(cnn4CC[C@](C)(C(=O)NOC4CCCCO4)S(C)(=O)=O)c3)cc2)CC1. The molecular formula is C34H42N4O7S. The lowest BCUT2D eigenvalue weighted by Crippen LogP contribution is -2.51. The van der Waals surface area contributed by atoms with E-state index in [1.54, 1.807) is 15.8 Å². The summed E-state index contributed by atoms with van der Waals surface area (Å²) in [6.07, 6.45) is 6.63. The number of fused-ring (bicyclic) bond motifs is 1. The standard InChI is InChI=1S/C34H42N4O7S/c1-33(46(4,41)42,32(40)36-45-31-7-5-6-20-43-31)18-19-38-29-15-12-26(21-27(29)22-35-38)9-8-25-10-13-28(14-11-25)34(16-17-34)24-44-30(39)23-37(2)3/h10-15,21-22,31H,5-7,16-20,23-24H2,1-4H3,(H,36,40)/t31?,33-/m1/s1. The molecule has 1 aliphatic heterocycles. The molecule has 0 spiro atoms. The summed E-state index contributed by atoms with van der Waals surface area (Å²) in [4.78, 5) is 32.2. The van der Waals surface area contributed by atoms with Crippen molar-refractivity contribution in [2.24, 2.45) is 0 Å². The minimum Gasteiger partial charge on any atom is -0.464 e. The number of hydrogen-bond donors (Lipinski definition) is 1. The fraction of sp³-hybridized carbons (Fsp3) is 0.500. The van der Waals surface area contributed by atoms with Crippen molar-refractivity contribution in [3.8, 4) is 11.8 Å². The second kappa shape index (κ2) is 13.9. The fourth-order valence-electron chi connectivity index (χ4n) is 5.40. The third-order valence-electron chi connectivity index (χ3n) is 8.82. The summed E-state index contributed by atoms with van der Waals surface area (Å²) >= 11 is 0. The second-order valence-electron chi connectivity index (χ2n) is 12.7. The number of esters is 1. The van der Waals surface area contributed by atoms with E-state index in [0.29, 0.717) is 19.6 Å². The van der Waals surface area contributed by atoms with Gasteiger partial charge in [-0.25, -0.2) is 18.7 Å². The molecule has 2 fully saturated rings. The van der Waals surface area contributed by atoms with Crippen molar-refractivity contribution >= 4 is 32.6 Å². The predicted octanol–water partition coefficient (Wildman–Crippen LogP) is 3.34. The van der Waals surface area contributed by atoms with Crippen LogP contribution in [0.5, 0.6) is 0 Å². The van der Waals surface area contributed by atoms with E-state index in [1.807, 2.05) is 44.4 Å². The number of benzene rings is 2. The first-order valence-corrected chi connectivity index (χ1v) is 17.4. The van der Waals surface area contributed by atoms with Gasteiger partial charge >= 0.3 is 5.97 Å². The Morgan fingerprint density at radius 2 is 1.85 bits per heavy atom. The molecular weight excluding hydrogens is 608 g/mol. The molecule has 3 aromatic rings. The number of nitrogens with one attached hydrogen (secondary N) is 1. The molecule has 11 nitrogen and oxygen atoms in total. The van der Waals surface area contributed by atoms with Crippen molar-refractivity contribution in [2.45, 2.75) is 68.4 Å². The molecule has 1 aliphatic carbocycles. The lowest BCUT2D eigenvalue weighted by Gasteiger charge is -2.28. The van der Waals surface area contributed by atoms with Crippen LogP contribution in [0.2, 0.25) is 0 Å². The minimum atomic E-state index is -3.80. The maximum Gasteiger partial charge on any atom is 0.320 e. The zero-order chi connectivity index (χ0) is 33.0. The highest BCUT2D eigenvalue weighted by atomic mass is 32.2. The number of carbonyl (C=O) groups excluding carboxylic acids is 2. The molecule has 1 amide bonds. The topological polar surface area (TPSA) is 129 Å². The van der Waals surface area contributed by atoms with Gasteiger partial charge in [0.1, 0.15) is 6.61 Å². The van der Waals surface area contributed by atoms with Gasteiger partial charge in [0, 0.05) is 47.8 Å². The van der Waals surface area contributed by atoms with Gasteiger partial charge in [-0.2, -0.15) is 5.10 Å². The maximum absolute atomic E-state index is 13.0. The quantitative estimate of drug-likeness (QED) is 0.178. The first-order chi connectivity index (χ1) is 21.9. The van der Waals surface area contributed by atoms with E-state index in [9.17, 15) is 18.0 Å². The molecule has 1 saturated carbocycles. The Hall–Kier alpha value is -3.76. The molecule has 46 heavy (non-hydrogen) atoms. The highest BCUT2D eigenvalue weighted by Crippen LogP contribution is 2.48. The van der Waals surface area contributed by atoms with Crippen LogP contribution in [-0.4, -0.2) is 86.1 Å². The van der Waals surface area contributed by atoms with Gasteiger partial charge in [-0.3, -0.25) is 19.2 Å². The fourth-order valence-corrected chi connectivity index (χ4v) is 6.24. The number of aromatic nitrogens is 2. The van der Waals surface area contributed by atoms with Crippen LogP contribution in [-0.2, 0) is 45.7 Å². The summed E-state index contributed by atoms with van der Waals surface area (Å²) in [5.41, 5.74) is 5.87. The molecule has 2 heterocycles. The molecule has 0 bridgehead atoms. The number of hydrogen-bond acceptors (Lipinski definition) is 9. The Kier molecular flexibility index (Phi) is 10.2. The summed E-state index contributed by atoms with van der Waals surface area (Å²) in [5.74, 6) is 5.47. The lowest BCUT2D eigenvalue weighted by atomic mass is 9.96. The summed E-state index contributed by atoms with van der Waals surface area (Å²) in [6, 6.07) is 13.8. The number of nitrogens with zero attached hydrogens (tertiary/aromatic N) is 3. The van der Waals surface area contributed by atoms with Gasteiger partial charge in [-0.15, -0.1) is 0 Å². The van der Waals surface area contributed by atoms with Crippen LogP contribution in [0, 0.1) is 11.8 Å². The van der Waals surface area contributed by atoms with Crippen LogP contribution in [0.25, 0.3) is 10.9 Å². The van der Waals surface area contributed by atoms with Crippen molar-refractivity contribution < 1.29 is 32.3 Å². The second-order valence-corrected chi connectivity index (χ2v) is 15.2. The van der Waals surface area contributed by atoms with Gasteiger partial charge in [0.05, 0.1) is 18.3 Å². The van der Waals surface area contributed by atoms with Crippen LogP contribution in [0.15, 0.2) is 48.7 Å². The van der Waals surface area contributed by atoms with Crippen molar-refractivity contribution in [3.05, 3.63) is 65.4 Å². The number of rotatable bonds is 12. The molecule has 2 aliphatic rings. The van der Waals surface area contributed by atoms with Crippen molar-refractivity contribution in [1.29, 1.82) is 0 Å². The van der Waals surface area contributed by atoms with Crippen LogP contribution in [0.3, 0.4) is 0 Å². The molecule has 5 rings (SSSR count). The monoisotopic (exact) mass is 650 g/mol. The van der Waals surface area contributed by atoms with E-state index in [4.69, 9.17) is 14.3 Å². The average Bonchev–Trinajstić information content (AvgIpc) is 3.72. The lowest BCUT2D eigenvalue weighted by molar-refractivity contribution is -0.201. The number of sulfone groups is 1. The molecule has 0 radical (unpaired) electrons. The highest BCUT2D eigenvalue weighted by molar-refractivity contribution is 7.92. The summed E-state index contributed by atoms with van der Waals surface area (Å²) in [7, 11) is -0.114. The van der Waals surface area contributed by atoms with Crippen LogP contribution < -0.4 is 5.48 Å². The predicted molar refractivity (Wildman–Crippen MR) is 173 cm³/mol. The van der Waals surface area contributed by atoms with Crippen LogP contribution in [0.1, 0.15) is 62.1 Å². The number of ether oxygens (including phenoxy) is 2. The zero-order valence-electron chi connectivity index (χ0n) is 26.9. The van der Waals surface area contributed by atoms with Crippen molar-refractivity contribution in [3.63, 3.8) is 0 Å². The Bertz CT molecular complexity index is 1730. The molecule has 1 N–H and O–H groups in total. The molecule has 2 aromatic carbocycles. The van der Waals surface area contributed by atoms with E-state index < -0.39 is 26.8 Å². The Morgan fingerprint density at radius 3 is 2.50 bits per heavy atom. The molecule has 12 heteroatoms. The average molecular weight is 651 g/mol. The van der Waals surface area contributed by atoms with Gasteiger partial charge in [0.15, 0.2) is 20.9 Å². The molecule has 1 saturated heterocycles. The molecule has 1 aromatic heterocycles. The normalized spacial score (nSPS) is 18.8. The van der Waals surface area contributed by atoms with E-state index in [1.165, 1.54) is 6.92 Å². The molecule has 1 unspecified atom stereocenters. The van der Waals surface area contributed by atoms with Gasteiger partial charge in [-0.05, 0) is 89.0 Å². The van der Waals surface area contributed by atoms with Gasteiger partial charge in [0.25, 0.3) is 5.91 Å². The van der Waals surface area contributed by atoms with Gasteiger partial charge in [-0.1, -0.05) is 24.0 Å². The van der Waals surface area contributed by atoms with Crippen molar-refractivity contribution in [1.82, 2.24) is 20.2 Å². The largest absolute Gasteiger partial charge is 0.464 e. The number of hydroxylamine groups is 1. The third-order valence-corrected chi connectivity index (χ3v) is 10.8. The third kappa shape index (κ3) is 7.96. The summed E-state index contributed by atoms with van der Waals surface area (Å²) in [6.45, 7) is 2.80. The summed E-state index contributed by atoms with van der Waals surface area (Å²) in [5, 5.41) is 5.31. The first-order valence-electron chi connectivity index (χ1n) is 15.5. The van der Waals surface area contributed by atoms with Gasteiger partial charge in [0.2, 0.25) is 0 Å². The minimum absolute atomic E-state index is 0.000680. The zero-order valence-corrected chi connectivity index (χ0v) is 27.7. The van der Waals surface area contributed by atoms with E-state index in [2.05, 4.69) is 34.6 Å². The Labute approximate surface area is 270 Å². The maximum atomic E-state index is 13.0. The molecule has 246 valence electrons. The van der Waals surface area contributed by atoms with Gasteiger partial charge < -0.3 is 9.47 Å². The number of aryl methyl sites for hydroxylation is 1. The first kappa shape index (κ1) is 33.6.